The molecule has 0 saturated heterocycles. The lowest BCUT2D eigenvalue weighted by molar-refractivity contribution is 0.0810. The van der Waals surface area contributed by atoms with Gasteiger partial charge in [0, 0.05) is 23.7 Å². The lowest BCUT2D eigenvalue weighted by Crippen LogP contribution is -2.30. The van der Waals surface area contributed by atoms with Crippen molar-refractivity contribution in [2.24, 2.45) is 0 Å². The molecule has 0 aliphatic heterocycles. The van der Waals surface area contributed by atoms with Crippen molar-refractivity contribution in [1.82, 2.24) is 0 Å². The predicted octanol–water partition coefficient (Wildman–Crippen LogP) is 6.62. The fourth-order valence-corrected chi connectivity index (χ4v) is 3.97. The van der Waals surface area contributed by atoms with Crippen LogP contribution in [0.5, 0.6) is 5.75 Å². The number of para-hydroxylation sites is 1. The van der Waals surface area contributed by atoms with Crippen molar-refractivity contribution in [2.45, 2.75) is 18.9 Å². The Kier molecular flexibility index (Phi) is 7.33. The highest BCUT2D eigenvalue weighted by Gasteiger charge is 2.32. The molecule has 3 nitrogen and oxygen atoms in total. The Morgan fingerprint density at radius 1 is 0.788 bits per heavy atom. The minimum atomic E-state index is -1.17. The van der Waals surface area contributed by atoms with Crippen LogP contribution in [0.25, 0.3) is 0 Å². The van der Waals surface area contributed by atoms with Gasteiger partial charge in [0.1, 0.15) is 18.0 Å². The van der Waals surface area contributed by atoms with Crippen molar-refractivity contribution < 1.29 is 9.84 Å². The minimum Gasteiger partial charge on any atom is -0.492 e. The summed E-state index contributed by atoms with van der Waals surface area (Å²) in [5.74, 6) is 0.770. The summed E-state index contributed by atoms with van der Waals surface area (Å²) in [5, 5.41) is 15.9. The second-order valence-corrected chi connectivity index (χ2v) is 8.63. The Bertz CT molecular complexity index is 1140. The Balaban J connectivity index is 1.49. The molecule has 0 aliphatic rings. The highest BCUT2D eigenvalue weighted by Crippen LogP contribution is 2.34. The van der Waals surface area contributed by atoms with Gasteiger partial charge in [-0.15, -0.1) is 0 Å². The van der Waals surface area contributed by atoms with E-state index < -0.39 is 5.60 Å². The smallest absolute Gasteiger partial charge is 0.119 e. The van der Waals surface area contributed by atoms with Gasteiger partial charge in [-0.05, 0) is 60.0 Å². The standard InChI is InChI=1S/C29H28ClNO2/c1-22-7-11-24(12-8-22)29(32,21-23-9-15-26(30)16-10-23)25-13-17-28(18-14-25)33-20-19-31-27-5-3-2-4-6-27/h2-18,31-32H,19-21H2,1H3. The third-order valence-corrected chi connectivity index (χ3v) is 5.96. The maximum Gasteiger partial charge on any atom is 0.119 e. The van der Waals surface area contributed by atoms with E-state index in [0.29, 0.717) is 24.6 Å². The van der Waals surface area contributed by atoms with Crippen LogP contribution in [-0.4, -0.2) is 18.3 Å². The first-order valence-corrected chi connectivity index (χ1v) is 11.5. The molecule has 0 aliphatic carbocycles. The summed E-state index contributed by atoms with van der Waals surface area (Å²) in [7, 11) is 0. The molecule has 0 radical (unpaired) electrons. The second kappa shape index (κ2) is 10.6. The number of aryl methyl sites for hydroxylation is 1. The molecule has 0 spiro atoms. The first-order chi connectivity index (χ1) is 16.0. The summed E-state index contributed by atoms with van der Waals surface area (Å²) in [6.45, 7) is 3.29. The predicted molar refractivity (Wildman–Crippen MR) is 136 cm³/mol. The van der Waals surface area contributed by atoms with E-state index in [1.165, 1.54) is 0 Å². The lowest BCUT2D eigenvalue weighted by atomic mass is 9.81. The summed E-state index contributed by atoms with van der Waals surface area (Å²) in [6, 6.07) is 33.4. The van der Waals surface area contributed by atoms with Crippen molar-refractivity contribution in [2.75, 3.05) is 18.5 Å². The van der Waals surface area contributed by atoms with Crippen molar-refractivity contribution >= 4 is 17.3 Å². The summed E-state index contributed by atoms with van der Waals surface area (Å²) in [5.41, 5.74) is 3.73. The van der Waals surface area contributed by atoms with Gasteiger partial charge in [-0.3, -0.25) is 0 Å². The molecule has 2 N–H and O–H groups in total. The average Bonchev–Trinajstić information content (AvgIpc) is 2.85. The van der Waals surface area contributed by atoms with Gasteiger partial charge in [-0.25, -0.2) is 0 Å². The molecule has 4 aromatic rings. The zero-order valence-electron chi connectivity index (χ0n) is 18.7. The molecule has 4 rings (SSSR count). The van der Waals surface area contributed by atoms with Gasteiger partial charge < -0.3 is 15.2 Å². The van der Waals surface area contributed by atoms with Crippen LogP contribution in [-0.2, 0) is 12.0 Å². The number of anilines is 1. The fraction of sp³-hybridized carbons (Fsp3) is 0.172. The SMILES string of the molecule is Cc1ccc(C(O)(Cc2ccc(Cl)cc2)c2ccc(OCCNc3ccccc3)cc2)cc1. The monoisotopic (exact) mass is 457 g/mol. The lowest BCUT2D eigenvalue weighted by Gasteiger charge is -2.30. The normalized spacial score (nSPS) is 12.7. The molecule has 1 unspecified atom stereocenters. The number of rotatable bonds is 9. The van der Waals surface area contributed by atoms with E-state index in [0.717, 1.165) is 33.7 Å². The fourth-order valence-electron chi connectivity index (χ4n) is 3.84. The van der Waals surface area contributed by atoms with E-state index in [1.807, 2.05) is 110 Å². The first-order valence-electron chi connectivity index (χ1n) is 11.1. The highest BCUT2D eigenvalue weighted by molar-refractivity contribution is 6.30. The van der Waals surface area contributed by atoms with E-state index in [-0.39, 0.29) is 0 Å². The van der Waals surface area contributed by atoms with Gasteiger partial charge in [0.05, 0.1) is 0 Å². The molecule has 0 amide bonds. The van der Waals surface area contributed by atoms with Crippen LogP contribution >= 0.6 is 11.6 Å². The average molecular weight is 458 g/mol. The molecule has 0 bridgehead atoms. The molecule has 0 heterocycles. The van der Waals surface area contributed by atoms with E-state index in [2.05, 4.69) is 5.32 Å². The van der Waals surface area contributed by atoms with Gasteiger partial charge in [0.25, 0.3) is 0 Å². The topological polar surface area (TPSA) is 41.5 Å². The number of hydrogen-bond acceptors (Lipinski definition) is 3. The van der Waals surface area contributed by atoms with Crippen LogP contribution in [0, 0.1) is 6.92 Å². The zero-order chi connectivity index (χ0) is 23.1. The number of hydrogen-bond donors (Lipinski definition) is 2. The van der Waals surface area contributed by atoms with Gasteiger partial charge >= 0.3 is 0 Å². The second-order valence-electron chi connectivity index (χ2n) is 8.20. The summed E-state index contributed by atoms with van der Waals surface area (Å²) in [6.07, 6.45) is 0.439. The third kappa shape index (κ3) is 5.95. The van der Waals surface area contributed by atoms with Crippen molar-refractivity contribution in [3.63, 3.8) is 0 Å². The number of nitrogens with one attached hydrogen (secondary N) is 1. The van der Waals surface area contributed by atoms with Crippen LogP contribution in [0.2, 0.25) is 5.02 Å². The molecule has 4 aromatic carbocycles. The molecule has 0 saturated carbocycles. The van der Waals surface area contributed by atoms with Gasteiger partial charge in [-0.2, -0.15) is 0 Å². The number of benzene rings is 4. The molecular weight excluding hydrogens is 430 g/mol. The van der Waals surface area contributed by atoms with Crippen LogP contribution in [0.4, 0.5) is 5.69 Å². The van der Waals surface area contributed by atoms with E-state index in [9.17, 15) is 5.11 Å². The first kappa shape index (κ1) is 22.9. The Labute approximate surface area is 200 Å². The van der Waals surface area contributed by atoms with Gasteiger partial charge in [0.2, 0.25) is 0 Å². The summed E-state index contributed by atoms with van der Waals surface area (Å²) < 4.78 is 5.89. The van der Waals surface area contributed by atoms with Crippen LogP contribution in [0.3, 0.4) is 0 Å². The number of halogens is 1. The van der Waals surface area contributed by atoms with E-state index in [4.69, 9.17) is 16.3 Å². The molecule has 0 fully saturated rings. The van der Waals surface area contributed by atoms with Crippen molar-refractivity contribution in [3.05, 3.63) is 130 Å². The van der Waals surface area contributed by atoms with E-state index >= 15 is 0 Å². The molecule has 4 heteroatoms. The van der Waals surface area contributed by atoms with Crippen LogP contribution in [0.1, 0.15) is 22.3 Å². The van der Waals surface area contributed by atoms with Crippen molar-refractivity contribution in [3.8, 4) is 5.75 Å². The molecule has 33 heavy (non-hydrogen) atoms. The van der Waals surface area contributed by atoms with Gasteiger partial charge in [0.15, 0.2) is 0 Å². The van der Waals surface area contributed by atoms with Crippen molar-refractivity contribution in [1.29, 1.82) is 0 Å². The number of aliphatic hydroxyl groups is 1. The maximum atomic E-state index is 11.9. The minimum absolute atomic E-state index is 0.439. The molecule has 168 valence electrons. The molecule has 0 aromatic heterocycles. The summed E-state index contributed by atoms with van der Waals surface area (Å²) in [4.78, 5) is 0. The quantitative estimate of drug-likeness (QED) is 0.277. The third-order valence-electron chi connectivity index (χ3n) is 5.71. The Hall–Kier alpha value is -3.27. The maximum absolute atomic E-state index is 11.9. The molecular formula is C29H28ClNO2. The van der Waals surface area contributed by atoms with Gasteiger partial charge in [-0.1, -0.05) is 83.9 Å². The Morgan fingerprint density at radius 3 is 2.03 bits per heavy atom. The highest BCUT2D eigenvalue weighted by atomic mass is 35.5. The van der Waals surface area contributed by atoms with E-state index in [1.54, 1.807) is 0 Å². The zero-order valence-corrected chi connectivity index (χ0v) is 19.4. The Morgan fingerprint density at radius 2 is 1.39 bits per heavy atom. The summed E-state index contributed by atoms with van der Waals surface area (Å²) >= 11 is 6.06. The largest absolute Gasteiger partial charge is 0.492 e. The van der Waals surface area contributed by atoms with Crippen LogP contribution in [0.15, 0.2) is 103 Å². The molecule has 1 atom stereocenters. The number of ether oxygens (including phenoxy) is 1. The van der Waals surface area contributed by atoms with Crippen LogP contribution < -0.4 is 10.1 Å².